The maximum Gasteiger partial charge on any atom is 0.116 e. The van der Waals surface area contributed by atoms with E-state index in [4.69, 9.17) is 0 Å². The van der Waals surface area contributed by atoms with Crippen LogP contribution < -0.4 is 0 Å². The number of aryl methyl sites for hydroxylation is 2. The quantitative estimate of drug-likeness (QED) is 0.681. The highest BCUT2D eigenvalue weighted by Gasteiger charge is 1.99. The van der Waals surface area contributed by atoms with Crippen molar-refractivity contribution in [2.24, 2.45) is 0 Å². The summed E-state index contributed by atoms with van der Waals surface area (Å²) in [7, 11) is 0. The Morgan fingerprint density at radius 2 is 1.86 bits per heavy atom. The number of benzene rings is 1. The molecule has 0 saturated carbocycles. The van der Waals surface area contributed by atoms with Crippen molar-refractivity contribution < 1.29 is 0 Å². The van der Waals surface area contributed by atoms with Gasteiger partial charge in [0.1, 0.15) is 6.33 Å². The molecule has 0 aliphatic carbocycles. The summed E-state index contributed by atoms with van der Waals surface area (Å²) >= 11 is 0. The normalized spacial score (nSPS) is 10.1. The molecule has 0 amide bonds. The van der Waals surface area contributed by atoms with Crippen molar-refractivity contribution in [1.29, 1.82) is 0 Å². The van der Waals surface area contributed by atoms with Crippen molar-refractivity contribution in [3.05, 3.63) is 47.9 Å². The molecule has 0 unspecified atom stereocenters. The molecule has 0 aliphatic heterocycles. The highest BCUT2D eigenvalue weighted by atomic mass is 14.8. The van der Waals surface area contributed by atoms with Crippen LogP contribution in [0.25, 0.3) is 11.3 Å². The van der Waals surface area contributed by atoms with Gasteiger partial charge in [-0.05, 0) is 26.0 Å². The molecule has 0 saturated heterocycles. The summed E-state index contributed by atoms with van der Waals surface area (Å²) in [6.07, 6.45) is 1.60. The zero-order chi connectivity index (χ0) is 9.97. The van der Waals surface area contributed by atoms with Crippen LogP contribution in [0.5, 0.6) is 0 Å². The Labute approximate surface area is 83.7 Å². The molecule has 2 nitrogen and oxygen atoms in total. The molecule has 2 heteroatoms. The minimum Gasteiger partial charge on any atom is -0.242 e. The third kappa shape index (κ3) is 1.79. The van der Waals surface area contributed by atoms with Crippen LogP contribution in [0.4, 0.5) is 0 Å². The van der Waals surface area contributed by atoms with E-state index in [1.54, 1.807) is 6.33 Å². The molecule has 0 bridgehead atoms. The van der Waals surface area contributed by atoms with Crippen LogP contribution in [0.2, 0.25) is 0 Å². The molecule has 1 aromatic heterocycles. The van der Waals surface area contributed by atoms with Crippen LogP contribution in [0.15, 0.2) is 36.7 Å². The van der Waals surface area contributed by atoms with Gasteiger partial charge in [-0.25, -0.2) is 9.97 Å². The lowest BCUT2D eigenvalue weighted by atomic mass is 10.1. The van der Waals surface area contributed by atoms with Crippen molar-refractivity contribution in [3.63, 3.8) is 0 Å². The van der Waals surface area contributed by atoms with Gasteiger partial charge in [0.2, 0.25) is 0 Å². The molecule has 14 heavy (non-hydrogen) atoms. The van der Waals surface area contributed by atoms with Crippen molar-refractivity contribution >= 4 is 0 Å². The van der Waals surface area contributed by atoms with Crippen LogP contribution in [0.3, 0.4) is 0 Å². The summed E-state index contributed by atoms with van der Waals surface area (Å²) in [5.41, 5.74) is 4.38. The van der Waals surface area contributed by atoms with Gasteiger partial charge in [-0.2, -0.15) is 0 Å². The van der Waals surface area contributed by atoms with E-state index >= 15 is 0 Å². The molecule has 2 aromatic rings. The highest BCUT2D eigenvalue weighted by Crippen LogP contribution is 2.17. The summed E-state index contributed by atoms with van der Waals surface area (Å²) in [5.74, 6) is 0. The van der Waals surface area contributed by atoms with E-state index in [0.717, 1.165) is 17.0 Å². The Morgan fingerprint density at radius 1 is 1.00 bits per heavy atom. The molecule has 0 atom stereocenters. The van der Waals surface area contributed by atoms with Crippen LogP contribution in [0.1, 0.15) is 11.3 Å². The third-order valence-corrected chi connectivity index (χ3v) is 2.12. The molecule has 0 spiro atoms. The maximum absolute atomic E-state index is 4.24. The number of hydrogen-bond donors (Lipinski definition) is 0. The lowest BCUT2D eigenvalue weighted by Gasteiger charge is -2.01. The standard InChI is InChI=1S/C12H12N2/c1-9-4-3-5-11(6-9)12-7-10(2)13-8-14-12/h3-8H,1-2H3. The molecule has 1 heterocycles. The van der Waals surface area contributed by atoms with E-state index in [1.807, 2.05) is 19.1 Å². The number of rotatable bonds is 1. The predicted octanol–water partition coefficient (Wildman–Crippen LogP) is 2.76. The first-order valence-electron chi connectivity index (χ1n) is 4.61. The zero-order valence-electron chi connectivity index (χ0n) is 8.36. The first-order valence-corrected chi connectivity index (χ1v) is 4.61. The van der Waals surface area contributed by atoms with Crippen LogP contribution in [-0.2, 0) is 0 Å². The number of hydrogen-bond acceptors (Lipinski definition) is 2. The maximum atomic E-state index is 4.24. The molecule has 0 aliphatic rings. The fourth-order valence-corrected chi connectivity index (χ4v) is 1.42. The average Bonchev–Trinajstić information content (AvgIpc) is 2.18. The smallest absolute Gasteiger partial charge is 0.116 e. The summed E-state index contributed by atoms with van der Waals surface area (Å²) in [4.78, 5) is 8.32. The minimum atomic E-state index is 0.987. The average molecular weight is 184 g/mol. The first kappa shape index (κ1) is 8.88. The van der Waals surface area contributed by atoms with E-state index in [2.05, 4.69) is 35.1 Å². The minimum absolute atomic E-state index is 0.987. The van der Waals surface area contributed by atoms with Gasteiger partial charge in [0, 0.05) is 11.3 Å². The summed E-state index contributed by atoms with van der Waals surface area (Å²) in [5, 5.41) is 0. The molecule has 0 fully saturated rings. The molecule has 2 rings (SSSR count). The summed E-state index contributed by atoms with van der Waals surface area (Å²) < 4.78 is 0. The van der Waals surface area contributed by atoms with Crippen molar-refractivity contribution in [2.45, 2.75) is 13.8 Å². The molecular formula is C12H12N2. The Bertz CT molecular complexity index is 406. The highest BCUT2D eigenvalue weighted by molar-refractivity contribution is 5.59. The molecular weight excluding hydrogens is 172 g/mol. The van der Waals surface area contributed by atoms with Gasteiger partial charge in [0.05, 0.1) is 5.69 Å². The topological polar surface area (TPSA) is 25.8 Å². The fraction of sp³-hybridized carbons (Fsp3) is 0.167. The van der Waals surface area contributed by atoms with Gasteiger partial charge < -0.3 is 0 Å². The third-order valence-electron chi connectivity index (χ3n) is 2.12. The summed E-state index contributed by atoms with van der Waals surface area (Å²) in [6, 6.07) is 10.3. The lowest BCUT2D eigenvalue weighted by molar-refractivity contribution is 1.11. The number of nitrogens with zero attached hydrogens (tertiary/aromatic N) is 2. The Hall–Kier alpha value is -1.70. The van der Waals surface area contributed by atoms with E-state index in [-0.39, 0.29) is 0 Å². The van der Waals surface area contributed by atoms with Crippen LogP contribution in [-0.4, -0.2) is 9.97 Å². The monoisotopic (exact) mass is 184 g/mol. The van der Waals surface area contributed by atoms with E-state index in [0.29, 0.717) is 0 Å². The molecule has 0 N–H and O–H groups in total. The second-order valence-electron chi connectivity index (χ2n) is 3.41. The van der Waals surface area contributed by atoms with E-state index in [9.17, 15) is 0 Å². The van der Waals surface area contributed by atoms with E-state index < -0.39 is 0 Å². The predicted molar refractivity (Wildman–Crippen MR) is 56.9 cm³/mol. The van der Waals surface area contributed by atoms with Gasteiger partial charge in [0.25, 0.3) is 0 Å². The molecule has 0 radical (unpaired) electrons. The Kier molecular flexibility index (Phi) is 2.27. The second kappa shape index (κ2) is 3.58. The second-order valence-corrected chi connectivity index (χ2v) is 3.41. The molecule has 1 aromatic carbocycles. The fourth-order valence-electron chi connectivity index (χ4n) is 1.42. The van der Waals surface area contributed by atoms with Gasteiger partial charge in [0.15, 0.2) is 0 Å². The van der Waals surface area contributed by atoms with Crippen LogP contribution in [0, 0.1) is 13.8 Å². The summed E-state index contributed by atoms with van der Waals surface area (Å²) in [6.45, 7) is 4.05. The lowest BCUT2D eigenvalue weighted by Crippen LogP contribution is -1.87. The van der Waals surface area contributed by atoms with E-state index in [1.165, 1.54) is 5.56 Å². The first-order chi connectivity index (χ1) is 6.75. The SMILES string of the molecule is Cc1cccc(-c2cc(C)ncn2)c1. The van der Waals surface area contributed by atoms with Crippen molar-refractivity contribution in [1.82, 2.24) is 9.97 Å². The zero-order valence-corrected chi connectivity index (χ0v) is 8.36. The van der Waals surface area contributed by atoms with Crippen LogP contribution >= 0.6 is 0 Å². The largest absolute Gasteiger partial charge is 0.242 e. The van der Waals surface area contributed by atoms with Gasteiger partial charge >= 0.3 is 0 Å². The Balaban J connectivity index is 2.49. The molecule has 70 valence electrons. The van der Waals surface area contributed by atoms with Gasteiger partial charge in [-0.1, -0.05) is 23.8 Å². The van der Waals surface area contributed by atoms with Crippen molar-refractivity contribution in [3.8, 4) is 11.3 Å². The van der Waals surface area contributed by atoms with Gasteiger partial charge in [-0.3, -0.25) is 0 Å². The number of aromatic nitrogens is 2. The van der Waals surface area contributed by atoms with Gasteiger partial charge in [-0.15, -0.1) is 0 Å². The van der Waals surface area contributed by atoms with Crippen molar-refractivity contribution in [2.75, 3.05) is 0 Å². The Morgan fingerprint density at radius 3 is 2.57 bits per heavy atom.